The van der Waals surface area contributed by atoms with E-state index in [2.05, 4.69) is 14.9 Å². The van der Waals surface area contributed by atoms with Crippen molar-refractivity contribution in [3.63, 3.8) is 0 Å². The molecular formula is C15H19N5O. The first-order chi connectivity index (χ1) is 10.2. The van der Waals surface area contributed by atoms with Gasteiger partial charge in [-0.1, -0.05) is 0 Å². The van der Waals surface area contributed by atoms with Crippen LogP contribution in [0.3, 0.4) is 0 Å². The van der Waals surface area contributed by atoms with Crippen LogP contribution in [0.5, 0.6) is 0 Å². The summed E-state index contributed by atoms with van der Waals surface area (Å²) in [6.07, 6.45) is 5.49. The second kappa shape index (κ2) is 5.55. The number of pyridine rings is 2. The second-order valence-corrected chi connectivity index (χ2v) is 5.38. The minimum Gasteiger partial charge on any atom is -0.365 e. The van der Waals surface area contributed by atoms with E-state index >= 15 is 0 Å². The number of amides is 2. The minimum absolute atomic E-state index is 0.0730. The van der Waals surface area contributed by atoms with Crippen LogP contribution in [-0.4, -0.2) is 66.1 Å². The number of hydrogen-bond acceptors (Lipinski definition) is 4. The second-order valence-electron chi connectivity index (χ2n) is 5.38. The highest BCUT2D eigenvalue weighted by Crippen LogP contribution is 2.24. The van der Waals surface area contributed by atoms with E-state index in [0.29, 0.717) is 0 Å². The van der Waals surface area contributed by atoms with E-state index in [-0.39, 0.29) is 6.03 Å². The first-order valence-corrected chi connectivity index (χ1v) is 7.07. The molecule has 1 aliphatic heterocycles. The summed E-state index contributed by atoms with van der Waals surface area (Å²) < 4.78 is 0. The number of urea groups is 1. The van der Waals surface area contributed by atoms with Gasteiger partial charge in [0.2, 0.25) is 0 Å². The maximum atomic E-state index is 12.0. The van der Waals surface area contributed by atoms with Crippen molar-refractivity contribution in [2.24, 2.45) is 0 Å². The molecule has 21 heavy (non-hydrogen) atoms. The maximum absolute atomic E-state index is 12.0. The zero-order valence-electron chi connectivity index (χ0n) is 12.4. The lowest BCUT2D eigenvalue weighted by molar-refractivity contribution is 0.168. The highest BCUT2D eigenvalue weighted by atomic mass is 16.2. The van der Waals surface area contributed by atoms with Gasteiger partial charge in [-0.15, -0.1) is 0 Å². The number of hydrogen-bond donors (Lipinski definition) is 0. The van der Waals surface area contributed by atoms with Gasteiger partial charge in [-0.25, -0.2) is 4.79 Å². The Morgan fingerprint density at radius 1 is 1.19 bits per heavy atom. The van der Waals surface area contributed by atoms with Gasteiger partial charge in [0.1, 0.15) is 0 Å². The molecule has 2 amide bonds. The van der Waals surface area contributed by atoms with Gasteiger partial charge >= 0.3 is 6.03 Å². The summed E-state index contributed by atoms with van der Waals surface area (Å²) in [5.41, 5.74) is 2.02. The van der Waals surface area contributed by atoms with Crippen LogP contribution in [0, 0.1) is 0 Å². The lowest BCUT2D eigenvalue weighted by Gasteiger charge is -2.37. The number of carbonyl (C=O) groups is 1. The van der Waals surface area contributed by atoms with Crippen LogP contribution >= 0.6 is 0 Å². The molecule has 2 aromatic heterocycles. The highest BCUT2D eigenvalue weighted by Gasteiger charge is 2.23. The number of rotatable bonds is 1. The maximum Gasteiger partial charge on any atom is 0.319 e. The number of nitrogens with zero attached hydrogens (tertiary/aromatic N) is 5. The molecule has 1 saturated heterocycles. The van der Waals surface area contributed by atoms with Crippen molar-refractivity contribution >= 4 is 22.6 Å². The summed E-state index contributed by atoms with van der Waals surface area (Å²) in [5, 5.41) is 1.04. The lowest BCUT2D eigenvalue weighted by atomic mass is 10.2. The van der Waals surface area contributed by atoms with Gasteiger partial charge in [-0.05, 0) is 12.1 Å². The van der Waals surface area contributed by atoms with Crippen LogP contribution in [0.1, 0.15) is 0 Å². The molecule has 0 aromatic carbocycles. The van der Waals surface area contributed by atoms with Crippen LogP contribution in [0.4, 0.5) is 10.5 Å². The fourth-order valence-electron chi connectivity index (χ4n) is 2.64. The van der Waals surface area contributed by atoms with Crippen molar-refractivity contribution in [3.05, 3.63) is 30.7 Å². The van der Waals surface area contributed by atoms with Crippen molar-refractivity contribution in [2.45, 2.75) is 0 Å². The molecule has 1 fully saturated rings. The van der Waals surface area contributed by atoms with Gasteiger partial charge in [0.05, 0.1) is 17.4 Å². The highest BCUT2D eigenvalue weighted by molar-refractivity contribution is 5.89. The summed E-state index contributed by atoms with van der Waals surface area (Å²) >= 11 is 0. The van der Waals surface area contributed by atoms with Crippen molar-refractivity contribution < 1.29 is 4.79 Å². The van der Waals surface area contributed by atoms with Crippen molar-refractivity contribution in [1.29, 1.82) is 0 Å². The number of fused-ring (bicyclic) bond motifs is 1. The summed E-state index contributed by atoms with van der Waals surface area (Å²) in [6.45, 7) is 3.05. The number of anilines is 1. The molecule has 110 valence electrons. The number of carbonyl (C=O) groups excluding carboxylic acids is 1. The Bertz CT molecular complexity index is 644. The molecule has 0 spiro atoms. The molecule has 6 nitrogen and oxygen atoms in total. The average molecular weight is 285 g/mol. The monoisotopic (exact) mass is 285 g/mol. The molecule has 2 aromatic rings. The van der Waals surface area contributed by atoms with Crippen LogP contribution in [-0.2, 0) is 0 Å². The molecule has 0 atom stereocenters. The SMILES string of the molecule is CN(C)C(=O)N1CCN(c2cncc3cccnc23)CC1. The molecule has 0 bridgehead atoms. The van der Waals surface area contributed by atoms with E-state index in [0.717, 1.165) is 42.8 Å². The summed E-state index contributed by atoms with van der Waals surface area (Å²) in [6, 6.07) is 4.01. The first-order valence-electron chi connectivity index (χ1n) is 7.07. The predicted molar refractivity (Wildman–Crippen MR) is 82.4 cm³/mol. The van der Waals surface area contributed by atoms with Gasteiger partial charge in [0.25, 0.3) is 0 Å². The third-order valence-corrected chi connectivity index (χ3v) is 3.77. The number of aromatic nitrogens is 2. The molecule has 0 radical (unpaired) electrons. The van der Waals surface area contributed by atoms with Gasteiger partial charge < -0.3 is 14.7 Å². The average Bonchev–Trinajstić information content (AvgIpc) is 2.53. The van der Waals surface area contributed by atoms with Crippen LogP contribution in [0.2, 0.25) is 0 Å². The molecule has 0 unspecified atom stereocenters. The zero-order valence-corrected chi connectivity index (χ0v) is 12.4. The first kappa shape index (κ1) is 13.6. The van der Waals surface area contributed by atoms with E-state index in [1.54, 1.807) is 25.2 Å². The van der Waals surface area contributed by atoms with Crippen molar-refractivity contribution in [3.8, 4) is 0 Å². The topological polar surface area (TPSA) is 52.6 Å². The largest absolute Gasteiger partial charge is 0.365 e. The van der Waals surface area contributed by atoms with E-state index < -0.39 is 0 Å². The Balaban J connectivity index is 1.79. The molecule has 0 aliphatic carbocycles. The van der Waals surface area contributed by atoms with Crippen LogP contribution < -0.4 is 4.90 Å². The molecule has 0 saturated carbocycles. The summed E-state index contributed by atoms with van der Waals surface area (Å²) in [4.78, 5) is 26.5. The third-order valence-electron chi connectivity index (χ3n) is 3.77. The van der Waals surface area contributed by atoms with Crippen molar-refractivity contribution in [2.75, 3.05) is 45.2 Å². The normalized spacial score (nSPS) is 15.3. The fourth-order valence-corrected chi connectivity index (χ4v) is 2.64. The van der Waals surface area contributed by atoms with Crippen LogP contribution in [0.15, 0.2) is 30.7 Å². The minimum atomic E-state index is 0.0730. The zero-order chi connectivity index (χ0) is 14.8. The molecule has 3 heterocycles. The fraction of sp³-hybridized carbons (Fsp3) is 0.400. The van der Waals surface area contributed by atoms with Gasteiger partial charge in [0, 0.05) is 58.1 Å². The lowest BCUT2D eigenvalue weighted by Crippen LogP contribution is -2.51. The Kier molecular flexibility index (Phi) is 3.60. The van der Waals surface area contributed by atoms with E-state index in [4.69, 9.17) is 0 Å². The molecule has 0 N–H and O–H groups in total. The standard InChI is InChI=1S/C15H19N5O/c1-18(2)15(21)20-8-6-19(7-9-20)13-11-16-10-12-4-3-5-17-14(12)13/h3-5,10-11H,6-9H2,1-2H3. The number of piperazine rings is 1. The van der Waals surface area contributed by atoms with Gasteiger partial charge in [-0.3, -0.25) is 9.97 Å². The van der Waals surface area contributed by atoms with E-state index in [1.807, 2.05) is 29.4 Å². The molecule has 1 aliphatic rings. The molecule has 6 heteroatoms. The third kappa shape index (κ3) is 2.61. The predicted octanol–water partition coefficient (Wildman–Crippen LogP) is 1.43. The van der Waals surface area contributed by atoms with E-state index in [1.165, 1.54) is 0 Å². The Morgan fingerprint density at radius 3 is 2.67 bits per heavy atom. The van der Waals surface area contributed by atoms with Crippen LogP contribution in [0.25, 0.3) is 10.9 Å². The Morgan fingerprint density at radius 2 is 1.95 bits per heavy atom. The molecular weight excluding hydrogens is 266 g/mol. The van der Waals surface area contributed by atoms with E-state index in [9.17, 15) is 4.79 Å². The molecule has 3 rings (SSSR count). The van der Waals surface area contributed by atoms with Crippen molar-refractivity contribution in [1.82, 2.24) is 19.8 Å². The van der Waals surface area contributed by atoms with Gasteiger partial charge in [0.15, 0.2) is 0 Å². The quantitative estimate of drug-likeness (QED) is 0.795. The smallest absolute Gasteiger partial charge is 0.319 e. The Labute approximate surface area is 124 Å². The Hall–Kier alpha value is -2.37. The summed E-state index contributed by atoms with van der Waals surface area (Å²) in [5.74, 6) is 0. The summed E-state index contributed by atoms with van der Waals surface area (Å²) in [7, 11) is 3.57. The van der Waals surface area contributed by atoms with Gasteiger partial charge in [-0.2, -0.15) is 0 Å².